The van der Waals surface area contributed by atoms with Gasteiger partial charge in [0, 0.05) is 18.8 Å². The van der Waals surface area contributed by atoms with Crippen LogP contribution in [0.25, 0.3) is 11.3 Å². The third kappa shape index (κ3) is 15.6. The average molecular weight is 653 g/mol. The lowest BCUT2D eigenvalue weighted by molar-refractivity contribution is -0.193. The van der Waals surface area contributed by atoms with Crippen molar-refractivity contribution in [3.05, 3.63) is 42.4 Å². The van der Waals surface area contributed by atoms with E-state index in [2.05, 4.69) is 27.2 Å². The van der Waals surface area contributed by atoms with E-state index in [0.717, 1.165) is 68.7 Å². The molecule has 10 nitrogen and oxygen atoms in total. The van der Waals surface area contributed by atoms with Gasteiger partial charge < -0.3 is 25.4 Å². The molecule has 0 radical (unpaired) electrons. The SMILES string of the molecule is CCC(=O)CCCCC[C@H](NC(=O)C1CCN(C)CC1)c1ncc(-c2ccccc2)[nH]1.O=C(O)C(F)(F)F.O=C(O)C(F)(F)F. The molecule has 252 valence electrons. The van der Waals surface area contributed by atoms with Crippen molar-refractivity contribution < 1.29 is 55.7 Å². The monoisotopic (exact) mass is 652 g/mol. The molecule has 4 N–H and O–H groups in total. The van der Waals surface area contributed by atoms with Gasteiger partial charge in [0.1, 0.15) is 11.6 Å². The van der Waals surface area contributed by atoms with E-state index in [1.807, 2.05) is 43.5 Å². The number of carbonyl (C=O) groups excluding carboxylic acids is 2. The van der Waals surface area contributed by atoms with Crippen molar-refractivity contribution in [3.8, 4) is 11.3 Å². The third-order valence-electron chi connectivity index (χ3n) is 6.74. The van der Waals surface area contributed by atoms with Crippen molar-refractivity contribution in [2.24, 2.45) is 5.92 Å². The minimum atomic E-state index is -5.08. The molecule has 1 aliphatic heterocycles. The summed E-state index contributed by atoms with van der Waals surface area (Å²) >= 11 is 0. The first-order valence-electron chi connectivity index (χ1n) is 14.2. The zero-order valence-corrected chi connectivity index (χ0v) is 24.9. The number of nitrogens with zero attached hydrogens (tertiary/aromatic N) is 2. The summed E-state index contributed by atoms with van der Waals surface area (Å²) in [5.41, 5.74) is 2.04. The summed E-state index contributed by atoms with van der Waals surface area (Å²) in [4.78, 5) is 52.6. The normalized spacial score (nSPS) is 14.7. The van der Waals surface area contributed by atoms with Crippen molar-refractivity contribution in [3.63, 3.8) is 0 Å². The molecule has 0 bridgehead atoms. The number of hydrogen-bond donors (Lipinski definition) is 4. The van der Waals surface area contributed by atoms with Crippen LogP contribution in [-0.4, -0.2) is 81.2 Å². The summed E-state index contributed by atoms with van der Waals surface area (Å²) in [6, 6.07) is 9.97. The molecule has 0 unspecified atom stereocenters. The number of carboxylic acids is 2. The highest BCUT2D eigenvalue weighted by atomic mass is 19.4. The molecular formula is C29H38F6N4O6. The fourth-order valence-corrected chi connectivity index (χ4v) is 4.14. The number of benzene rings is 1. The number of unbranched alkanes of at least 4 members (excludes halogenated alkanes) is 2. The Morgan fingerprint density at radius 3 is 1.98 bits per heavy atom. The first-order valence-corrected chi connectivity index (χ1v) is 14.2. The van der Waals surface area contributed by atoms with E-state index in [0.29, 0.717) is 18.6 Å². The lowest BCUT2D eigenvalue weighted by atomic mass is 9.95. The fourth-order valence-electron chi connectivity index (χ4n) is 4.14. The van der Waals surface area contributed by atoms with Gasteiger partial charge in [0.15, 0.2) is 0 Å². The van der Waals surface area contributed by atoms with Crippen LogP contribution in [-0.2, 0) is 19.2 Å². The molecule has 1 atom stereocenters. The maximum atomic E-state index is 13.0. The first-order chi connectivity index (χ1) is 20.9. The van der Waals surface area contributed by atoms with E-state index in [-0.39, 0.29) is 17.9 Å². The molecule has 16 heteroatoms. The molecule has 1 aromatic heterocycles. The molecular weight excluding hydrogens is 614 g/mol. The number of hydrogen-bond acceptors (Lipinski definition) is 6. The van der Waals surface area contributed by atoms with Crippen molar-refractivity contribution in [1.82, 2.24) is 20.2 Å². The molecule has 1 amide bonds. The number of Topliss-reactive ketones (excluding diaryl/α,β-unsaturated/α-hetero) is 1. The summed E-state index contributed by atoms with van der Waals surface area (Å²) < 4.78 is 63.5. The van der Waals surface area contributed by atoms with Gasteiger partial charge in [-0.3, -0.25) is 9.59 Å². The first kappa shape index (κ1) is 39.1. The van der Waals surface area contributed by atoms with Crippen LogP contribution in [0.1, 0.15) is 70.2 Å². The van der Waals surface area contributed by atoms with Crippen LogP contribution in [0.2, 0.25) is 0 Å². The molecule has 0 saturated carbocycles. The second-order valence-electron chi connectivity index (χ2n) is 10.3. The Labute approximate surface area is 256 Å². The number of alkyl halides is 6. The number of imidazole rings is 1. The number of likely N-dealkylation sites (tertiary alicyclic amines) is 1. The summed E-state index contributed by atoms with van der Waals surface area (Å²) in [5, 5.41) is 17.5. The van der Waals surface area contributed by atoms with Crippen LogP contribution in [0.4, 0.5) is 26.3 Å². The van der Waals surface area contributed by atoms with Crippen molar-refractivity contribution >= 4 is 23.6 Å². The van der Waals surface area contributed by atoms with Crippen LogP contribution < -0.4 is 5.32 Å². The lowest BCUT2D eigenvalue weighted by Crippen LogP contribution is -2.40. The number of carbonyl (C=O) groups is 4. The number of halogens is 6. The van der Waals surface area contributed by atoms with Gasteiger partial charge >= 0.3 is 24.3 Å². The predicted molar refractivity (Wildman–Crippen MR) is 151 cm³/mol. The quantitative estimate of drug-likeness (QED) is 0.176. The highest BCUT2D eigenvalue weighted by Crippen LogP contribution is 2.24. The van der Waals surface area contributed by atoms with Crippen LogP contribution in [0, 0.1) is 5.92 Å². The van der Waals surface area contributed by atoms with Gasteiger partial charge in [-0.1, -0.05) is 50.1 Å². The molecule has 3 rings (SSSR count). The molecule has 1 aromatic carbocycles. The number of piperidine rings is 1. The number of aliphatic carboxylic acids is 2. The van der Waals surface area contributed by atoms with E-state index in [4.69, 9.17) is 19.8 Å². The van der Waals surface area contributed by atoms with Crippen molar-refractivity contribution in [2.45, 2.75) is 76.7 Å². The van der Waals surface area contributed by atoms with Gasteiger partial charge in [-0.05, 0) is 51.4 Å². The number of aromatic amines is 1. The standard InChI is InChI=1S/C25H36N4O2.2C2HF3O2/c1-3-21(30)12-8-5-9-13-22(28-25(31)20-14-16-29(2)17-15-20)24-26-18-23(27-24)19-10-6-4-7-11-19;2*3-2(4,5)1(6)7/h4,6-7,10-11,18,20,22H,3,5,8-9,12-17H2,1-2H3,(H,26,27)(H,28,31);2*(H,6,7)/t22-;;/m0../s1. The number of rotatable bonds is 11. The zero-order chi connectivity index (χ0) is 34.2. The van der Waals surface area contributed by atoms with E-state index >= 15 is 0 Å². The largest absolute Gasteiger partial charge is 0.490 e. The Bertz CT molecular complexity index is 1190. The Morgan fingerprint density at radius 1 is 0.956 bits per heavy atom. The second-order valence-corrected chi connectivity index (χ2v) is 10.3. The molecule has 45 heavy (non-hydrogen) atoms. The van der Waals surface area contributed by atoms with Crippen LogP contribution in [0.3, 0.4) is 0 Å². The predicted octanol–water partition coefficient (Wildman–Crippen LogP) is 5.77. The maximum Gasteiger partial charge on any atom is 0.490 e. The van der Waals surface area contributed by atoms with Gasteiger partial charge in [0.2, 0.25) is 5.91 Å². The van der Waals surface area contributed by atoms with Gasteiger partial charge in [-0.2, -0.15) is 26.3 Å². The molecule has 2 aromatic rings. The summed E-state index contributed by atoms with van der Waals surface area (Å²) in [5.74, 6) is -4.17. The molecule has 0 aliphatic carbocycles. The highest BCUT2D eigenvalue weighted by Gasteiger charge is 2.39. The average Bonchev–Trinajstić information content (AvgIpc) is 3.47. The number of nitrogens with one attached hydrogen (secondary N) is 2. The zero-order valence-electron chi connectivity index (χ0n) is 24.9. The van der Waals surface area contributed by atoms with Crippen molar-refractivity contribution in [1.29, 1.82) is 0 Å². The topological polar surface area (TPSA) is 153 Å². The highest BCUT2D eigenvalue weighted by molar-refractivity contribution is 5.79. The Balaban J connectivity index is 0.000000601. The molecule has 2 heterocycles. The summed E-state index contributed by atoms with van der Waals surface area (Å²) in [6.07, 6.45) is -1.57. The molecule has 1 saturated heterocycles. The molecule has 0 spiro atoms. The Morgan fingerprint density at radius 2 is 1.49 bits per heavy atom. The smallest absolute Gasteiger partial charge is 0.475 e. The summed E-state index contributed by atoms with van der Waals surface area (Å²) in [7, 11) is 2.11. The van der Waals surface area contributed by atoms with E-state index in [9.17, 15) is 35.9 Å². The summed E-state index contributed by atoms with van der Waals surface area (Å²) in [6.45, 7) is 3.85. The number of H-pyrrole nitrogens is 1. The van der Waals surface area contributed by atoms with Gasteiger partial charge in [0.25, 0.3) is 0 Å². The minimum Gasteiger partial charge on any atom is -0.475 e. The third-order valence-corrected chi connectivity index (χ3v) is 6.74. The number of ketones is 1. The second kappa shape index (κ2) is 18.8. The fraction of sp³-hybridized carbons (Fsp3) is 0.552. The van der Waals surface area contributed by atoms with Crippen LogP contribution in [0.15, 0.2) is 36.5 Å². The van der Waals surface area contributed by atoms with Gasteiger partial charge in [-0.25, -0.2) is 14.6 Å². The Kier molecular flexibility index (Phi) is 16.3. The number of amides is 1. The van der Waals surface area contributed by atoms with E-state index in [1.54, 1.807) is 0 Å². The van der Waals surface area contributed by atoms with E-state index < -0.39 is 24.3 Å². The number of carboxylic acid groups (broad SMARTS) is 2. The maximum absolute atomic E-state index is 13.0. The van der Waals surface area contributed by atoms with E-state index in [1.165, 1.54) is 0 Å². The minimum absolute atomic E-state index is 0.0735. The van der Waals surface area contributed by atoms with Crippen LogP contribution in [0.5, 0.6) is 0 Å². The van der Waals surface area contributed by atoms with Gasteiger partial charge in [-0.15, -0.1) is 0 Å². The van der Waals surface area contributed by atoms with Crippen molar-refractivity contribution in [2.75, 3.05) is 20.1 Å². The van der Waals surface area contributed by atoms with Crippen LogP contribution >= 0.6 is 0 Å². The molecule has 1 fully saturated rings. The lowest BCUT2D eigenvalue weighted by Gasteiger charge is -2.29. The Hall–Kier alpha value is -3.95. The number of aromatic nitrogens is 2. The molecule has 1 aliphatic rings. The van der Waals surface area contributed by atoms with Gasteiger partial charge in [0.05, 0.1) is 17.9 Å².